The van der Waals surface area contributed by atoms with Crippen molar-refractivity contribution < 1.29 is 14.4 Å². The molecule has 192 valence electrons. The van der Waals surface area contributed by atoms with Gasteiger partial charge in [0.05, 0.1) is 22.1 Å². The second-order valence-corrected chi connectivity index (χ2v) is 10.1. The second kappa shape index (κ2) is 10.6. The molecule has 0 saturated carbocycles. The van der Waals surface area contributed by atoms with Crippen LogP contribution in [0.1, 0.15) is 46.5 Å². The van der Waals surface area contributed by atoms with Gasteiger partial charge in [-0.25, -0.2) is 4.90 Å². The van der Waals surface area contributed by atoms with Gasteiger partial charge in [-0.1, -0.05) is 48.5 Å². The Morgan fingerprint density at radius 1 is 0.895 bits per heavy atom. The summed E-state index contributed by atoms with van der Waals surface area (Å²) in [7, 11) is 0. The van der Waals surface area contributed by atoms with Crippen molar-refractivity contribution in [3.63, 3.8) is 0 Å². The van der Waals surface area contributed by atoms with Gasteiger partial charge in [-0.2, -0.15) is 0 Å². The summed E-state index contributed by atoms with van der Waals surface area (Å²) in [6, 6.07) is 21.7. The van der Waals surface area contributed by atoms with Gasteiger partial charge in [0.25, 0.3) is 11.8 Å². The molecule has 3 aromatic carbocycles. The van der Waals surface area contributed by atoms with E-state index in [1.54, 1.807) is 36.4 Å². The van der Waals surface area contributed by atoms with Crippen molar-refractivity contribution in [2.75, 3.05) is 10.2 Å². The Morgan fingerprint density at radius 3 is 2.11 bits per heavy atom. The SMILES string of the molecule is CCC(Sc1nnc(-c2ccc(N3C(=O)c4ccccc4C3=O)cc2)n1CC)C(=O)Nc1ccc(C)cc1. The molecule has 0 bridgehead atoms. The number of benzene rings is 3. The maximum absolute atomic E-state index is 13.0. The standard InChI is InChI=1S/C29H27N5O3S/c1-4-24(26(35)30-20-14-10-18(3)11-15-20)38-29-32-31-25(33(29)5-2)19-12-16-21(17-13-19)34-27(36)22-8-6-7-9-23(22)28(34)37/h6-17,24H,4-5H2,1-3H3,(H,30,35). The molecular formula is C29H27N5O3S. The predicted molar refractivity (Wildman–Crippen MR) is 148 cm³/mol. The van der Waals surface area contributed by atoms with E-state index in [1.165, 1.54) is 16.7 Å². The van der Waals surface area contributed by atoms with Crippen LogP contribution in [-0.4, -0.2) is 37.7 Å². The fraction of sp³-hybridized carbons (Fsp3) is 0.207. The number of nitrogens with one attached hydrogen (secondary N) is 1. The first-order valence-electron chi connectivity index (χ1n) is 12.5. The Kier molecular flexibility index (Phi) is 7.11. The summed E-state index contributed by atoms with van der Waals surface area (Å²) in [5.41, 5.74) is 4.00. The van der Waals surface area contributed by atoms with Crippen molar-refractivity contribution in [2.24, 2.45) is 0 Å². The lowest BCUT2D eigenvalue weighted by molar-refractivity contribution is -0.115. The first-order valence-corrected chi connectivity index (χ1v) is 13.3. The molecule has 4 aromatic rings. The molecule has 38 heavy (non-hydrogen) atoms. The number of hydrogen-bond donors (Lipinski definition) is 1. The third-order valence-corrected chi connectivity index (χ3v) is 7.79. The molecule has 1 unspecified atom stereocenters. The van der Waals surface area contributed by atoms with E-state index in [-0.39, 0.29) is 23.0 Å². The Bertz CT molecular complexity index is 1480. The lowest BCUT2D eigenvalue weighted by Gasteiger charge is -2.16. The van der Waals surface area contributed by atoms with Crippen LogP contribution in [0.5, 0.6) is 0 Å². The minimum absolute atomic E-state index is 0.0844. The molecule has 8 nitrogen and oxygen atoms in total. The van der Waals surface area contributed by atoms with Crippen LogP contribution in [0.25, 0.3) is 11.4 Å². The van der Waals surface area contributed by atoms with E-state index in [0.29, 0.717) is 40.8 Å². The number of carbonyl (C=O) groups excluding carboxylic acids is 3. The van der Waals surface area contributed by atoms with E-state index in [9.17, 15) is 14.4 Å². The lowest BCUT2D eigenvalue weighted by Crippen LogP contribution is -2.29. The van der Waals surface area contributed by atoms with Crippen molar-refractivity contribution in [3.8, 4) is 11.4 Å². The number of carbonyl (C=O) groups is 3. The summed E-state index contributed by atoms with van der Waals surface area (Å²) in [5, 5.41) is 12.1. The Morgan fingerprint density at radius 2 is 1.53 bits per heavy atom. The maximum Gasteiger partial charge on any atom is 0.266 e. The first-order chi connectivity index (χ1) is 18.4. The molecule has 0 saturated heterocycles. The van der Waals surface area contributed by atoms with Gasteiger partial charge in [-0.15, -0.1) is 10.2 Å². The van der Waals surface area contributed by atoms with E-state index in [0.717, 1.165) is 16.8 Å². The summed E-state index contributed by atoms with van der Waals surface area (Å²) in [4.78, 5) is 39.8. The van der Waals surface area contributed by atoms with Gasteiger partial charge in [0, 0.05) is 17.8 Å². The minimum atomic E-state index is -0.338. The Labute approximate surface area is 225 Å². The van der Waals surface area contributed by atoms with Gasteiger partial charge in [-0.3, -0.25) is 14.4 Å². The first kappa shape index (κ1) is 25.4. The molecule has 1 aromatic heterocycles. The summed E-state index contributed by atoms with van der Waals surface area (Å²) < 4.78 is 1.96. The lowest BCUT2D eigenvalue weighted by atomic mass is 10.1. The number of nitrogens with zero attached hydrogens (tertiary/aromatic N) is 4. The van der Waals surface area contributed by atoms with Gasteiger partial charge in [-0.05, 0) is 68.8 Å². The third-order valence-electron chi connectivity index (χ3n) is 6.44. The van der Waals surface area contributed by atoms with E-state index in [2.05, 4.69) is 15.5 Å². The van der Waals surface area contributed by atoms with Crippen LogP contribution in [0.15, 0.2) is 78.0 Å². The fourth-order valence-corrected chi connectivity index (χ4v) is 5.38. The largest absolute Gasteiger partial charge is 0.325 e. The van der Waals surface area contributed by atoms with Crippen LogP contribution >= 0.6 is 11.8 Å². The summed E-state index contributed by atoms with van der Waals surface area (Å²) in [5.74, 6) is -0.0943. The molecule has 1 atom stereocenters. The molecule has 1 aliphatic rings. The van der Waals surface area contributed by atoms with E-state index < -0.39 is 0 Å². The average molecular weight is 526 g/mol. The highest BCUT2D eigenvalue weighted by Gasteiger charge is 2.36. The zero-order chi connectivity index (χ0) is 26.8. The smallest absolute Gasteiger partial charge is 0.266 e. The van der Waals surface area contributed by atoms with Gasteiger partial charge < -0.3 is 9.88 Å². The quantitative estimate of drug-likeness (QED) is 0.238. The van der Waals surface area contributed by atoms with Crippen molar-refractivity contribution in [2.45, 2.75) is 44.1 Å². The van der Waals surface area contributed by atoms with E-state index >= 15 is 0 Å². The monoisotopic (exact) mass is 525 g/mol. The number of amides is 3. The average Bonchev–Trinajstić information content (AvgIpc) is 3.46. The van der Waals surface area contributed by atoms with E-state index in [1.807, 2.05) is 61.7 Å². The molecule has 5 rings (SSSR count). The van der Waals surface area contributed by atoms with Crippen LogP contribution in [0.4, 0.5) is 11.4 Å². The topological polar surface area (TPSA) is 97.2 Å². The van der Waals surface area contributed by atoms with Crippen molar-refractivity contribution in [3.05, 3.63) is 89.5 Å². The molecule has 1 N–H and O–H groups in total. The number of anilines is 2. The Balaban J connectivity index is 1.34. The molecular weight excluding hydrogens is 498 g/mol. The number of hydrogen-bond acceptors (Lipinski definition) is 6. The maximum atomic E-state index is 13.0. The molecule has 3 amide bonds. The molecule has 0 radical (unpaired) electrons. The van der Waals surface area contributed by atoms with Gasteiger partial charge in [0.1, 0.15) is 0 Å². The predicted octanol–water partition coefficient (Wildman–Crippen LogP) is 5.58. The van der Waals surface area contributed by atoms with Crippen LogP contribution in [0, 0.1) is 6.92 Å². The Hall–Kier alpha value is -4.24. The molecule has 0 fully saturated rings. The number of aryl methyl sites for hydroxylation is 1. The van der Waals surface area contributed by atoms with Gasteiger partial charge >= 0.3 is 0 Å². The van der Waals surface area contributed by atoms with Crippen molar-refractivity contribution in [1.29, 1.82) is 0 Å². The molecule has 0 aliphatic carbocycles. The number of fused-ring (bicyclic) bond motifs is 1. The van der Waals surface area contributed by atoms with Crippen molar-refractivity contribution in [1.82, 2.24) is 14.8 Å². The fourth-order valence-electron chi connectivity index (χ4n) is 4.37. The number of rotatable bonds is 8. The zero-order valence-corrected chi connectivity index (χ0v) is 22.2. The summed E-state index contributed by atoms with van der Waals surface area (Å²) in [6.07, 6.45) is 0.628. The normalized spacial score (nSPS) is 13.5. The van der Waals surface area contributed by atoms with Gasteiger partial charge in [0.15, 0.2) is 11.0 Å². The van der Waals surface area contributed by atoms with Crippen LogP contribution in [0.3, 0.4) is 0 Å². The second-order valence-electron chi connectivity index (χ2n) is 8.96. The van der Waals surface area contributed by atoms with Gasteiger partial charge in [0.2, 0.25) is 5.91 Å². The van der Waals surface area contributed by atoms with Crippen LogP contribution in [-0.2, 0) is 11.3 Å². The minimum Gasteiger partial charge on any atom is -0.325 e. The number of aromatic nitrogens is 3. The molecule has 2 heterocycles. The van der Waals surface area contributed by atoms with Crippen LogP contribution in [0.2, 0.25) is 0 Å². The number of imide groups is 1. The number of thioether (sulfide) groups is 1. The molecule has 1 aliphatic heterocycles. The highest BCUT2D eigenvalue weighted by Crippen LogP contribution is 2.32. The summed E-state index contributed by atoms with van der Waals surface area (Å²) >= 11 is 1.38. The molecule has 9 heteroatoms. The zero-order valence-electron chi connectivity index (χ0n) is 21.3. The summed E-state index contributed by atoms with van der Waals surface area (Å²) in [6.45, 7) is 6.58. The third kappa shape index (κ3) is 4.72. The van der Waals surface area contributed by atoms with Crippen LogP contribution < -0.4 is 10.2 Å². The van der Waals surface area contributed by atoms with E-state index in [4.69, 9.17) is 0 Å². The molecule has 0 spiro atoms. The highest BCUT2D eigenvalue weighted by molar-refractivity contribution is 8.00. The van der Waals surface area contributed by atoms with Crippen molar-refractivity contribution >= 4 is 40.9 Å². The highest BCUT2D eigenvalue weighted by atomic mass is 32.2.